The molecule has 0 unspecified atom stereocenters. The van der Waals surface area contributed by atoms with Crippen molar-refractivity contribution in [2.75, 3.05) is 18.5 Å². The van der Waals surface area contributed by atoms with Crippen LogP contribution in [0.2, 0.25) is 0 Å². The monoisotopic (exact) mass is 481 g/mol. The first kappa shape index (κ1) is 25.5. The molecule has 1 aliphatic heterocycles. The maximum absolute atomic E-state index is 12.6. The minimum atomic E-state index is -0.669. The largest absolute Gasteiger partial charge is 0.462 e. The zero-order valence-corrected chi connectivity index (χ0v) is 19.5. The number of hydrogen-bond acceptors (Lipinski definition) is 7. The molecule has 3 amide bonds. The second-order valence-electron chi connectivity index (χ2n) is 8.15. The Morgan fingerprint density at radius 1 is 1.03 bits per heavy atom. The van der Waals surface area contributed by atoms with Crippen molar-refractivity contribution in [1.29, 1.82) is 0 Å². The van der Waals surface area contributed by atoms with E-state index in [1.807, 2.05) is 6.92 Å². The minimum absolute atomic E-state index is 0.0417. The lowest BCUT2D eigenvalue weighted by molar-refractivity contribution is -0.385. The number of nitrogens with zero attached hydrogens (tertiary/aromatic N) is 2. The quantitative estimate of drug-likeness (QED) is 0.156. The van der Waals surface area contributed by atoms with Gasteiger partial charge in [0.05, 0.1) is 22.7 Å². The number of rotatable bonds is 12. The second kappa shape index (κ2) is 11.9. The average Bonchev–Trinajstić information content (AvgIpc) is 3.08. The molecule has 0 radical (unpaired) electrons. The predicted molar refractivity (Wildman–Crippen MR) is 127 cm³/mol. The summed E-state index contributed by atoms with van der Waals surface area (Å²) < 4.78 is 5.18. The van der Waals surface area contributed by atoms with E-state index in [9.17, 15) is 29.3 Å². The summed E-state index contributed by atoms with van der Waals surface area (Å²) in [6.45, 7) is 2.47. The standard InChI is InChI=1S/C25H27N3O7/c1-2-3-15-35-25(32)17-9-7-10-18(16-17)26-21(29)13-5-4-6-14-27-23(30)19-11-8-12-20(28(33)34)22(19)24(27)31/h7-12,16H,2-6,13-15H2,1H3,(H,26,29). The summed E-state index contributed by atoms with van der Waals surface area (Å²) in [5.74, 6) is -1.87. The smallest absolute Gasteiger partial charge is 0.338 e. The van der Waals surface area contributed by atoms with Crippen LogP contribution in [-0.4, -0.2) is 46.7 Å². The number of carbonyl (C=O) groups excluding carboxylic acids is 4. The topological polar surface area (TPSA) is 136 Å². The molecule has 184 valence electrons. The lowest BCUT2D eigenvalue weighted by Crippen LogP contribution is -2.30. The Labute approximate surface area is 202 Å². The van der Waals surface area contributed by atoms with Crippen LogP contribution in [0.4, 0.5) is 11.4 Å². The molecule has 3 rings (SSSR count). The molecule has 2 aromatic rings. The van der Waals surface area contributed by atoms with Gasteiger partial charge >= 0.3 is 5.97 Å². The lowest BCUT2D eigenvalue weighted by atomic mass is 10.1. The third kappa shape index (κ3) is 6.28. The normalized spacial score (nSPS) is 12.4. The van der Waals surface area contributed by atoms with Crippen molar-refractivity contribution in [1.82, 2.24) is 4.90 Å². The van der Waals surface area contributed by atoms with Gasteiger partial charge in [-0.25, -0.2) is 4.79 Å². The van der Waals surface area contributed by atoms with E-state index in [4.69, 9.17) is 4.74 Å². The van der Waals surface area contributed by atoms with Crippen molar-refractivity contribution in [3.05, 3.63) is 69.3 Å². The number of nitro benzene ring substituents is 1. The summed E-state index contributed by atoms with van der Waals surface area (Å²) in [4.78, 5) is 60.9. The van der Waals surface area contributed by atoms with E-state index in [0.29, 0.717) is 37.1 Å². The molecule has 10 heteroatoms. The third-order valence-electron chi connectivity index (χ3n) is 5.57. The summed E-state index contributed by atoms with van der Waals surface area (Å²) in [7, 11) is 0. The SMILES string of the molecule is CCCCOC(=O)c1cccc(NC(=O)CCCCCN2C(=O)c3cccc([N+](=O)[O-])c3C2=O)c1. The Bertz CT molecular complexity index is 1150. The van der Waals surface area contributed by atoms with Gasteiger partial charge in [0, 0.05) is 24.7 Å². The number of amides is 3. The first-order valence-electron chi connectivity index (χ1n) is 11.5. The number of anilines is 1. The highest BCUT2D eigenvalue weighted by atomic mass is 16.6. The van der Waals surface area contributed by atoms with Crippen molar-refractivity contribution in [3.8, 4) is 0 Å². The molecule has 1 aliphatic rings. The maximum atomic E-state index is 12.6. The first-order valence-corrected chi connectivity index (χ1v) is 11.5. The molecule has 0 aliphatic carbocycles. The fraction of sp³-hybridized carbons (Fsp3) is 0.360. The fourth-order valence-corrected chi connectivity index (χ4v) is 3.74. The molecule has 1 N–H and O–H groups in total. The Hall–Kier alpha value is -4.08. The van der Waals surface area contributed by atoms with E-state index < -0.39 is 22.7 Å². The van der Waals surface area contributed by atoms with E-state index in [-0.39, 0.29) is 35.7 Å². The van der Waals surface area contributed by atoms with Crippen LogP contribution in [0.5, 0.6) is 0 Å². The van der Waals surface area contributed by atoms with Gasteiger partial charge < -0.3 is 10.1 Å². The van der Waals surface area contributed by atoms with Gasteiger partial charge in [0.15, 0.2) is 0 Å². The number of imide groups is 1. The Morgan fingerprint density at radius 3 is 2.54 bits per heavy atom. The van der Waals surface area contributed by atoms with Crippen molar-refractivity contribution in [2.45, 2.75) is 45.4 Å². The van der Waals surface area contributed by atoms with Crippen molar-refractivity contribution < 1.29 is 28.8 Å². The van der Waals surface area contributed by atoms with E-state index in [0.717, 1.165) is 17.7 Å². The van der Waals surface area contributed by atoms with Crippen LogP contribution in [0, 0.1) is 10.1 Å². The molecule has 0 fully saturated rings. The van der Waals surface area contributed by atoms with Crippen LogP contribution >= 0.6 is 0 Å². The van der Waals surface area contributed by atoms with Gasteiger partial charge in [-0.1, -0.05) is 31.9 Å². The maximum Gasteiger partial charge on any atom is 0.338 e. The fourth-order valence-electron chi connectivity index (χ4n) is 3.74. The van der Waals surface area contributed by atoms with Crippen molar-refractivity contribution in [2.24, 2.45) is 0 Å². The van der Waals surface area contributed by atoms with E-state index in [1.165, 1.54) is 18.2 Å². The number of unbranched alkanes of at least 4 members (excludes halogenated alkanes) is 3. The average molecular weight is 482 g/mol. The number of fused-ring (bicyclic) bond motifs is 1. The zero-order chi connectivity index (χ0) is 25.4. The molecule has 2 aromatic carbocycles. The number of nitrogens with one attached hydrogen (secondary N) is 1. The lowest BCUT2D eigenvalue weighted by Gasteiger charge is -2.13. The van der Waals surface area contributed by atoms with Crippen LogP contribution in [0.15, 0.2) is 42.5 Å². The van der Waals surface area contributed by atoms with Crippen LogP contribution < -0.4 is 5.32 Å². The molecular weight excluding hydrogens is 454 g/mol. The Balaban J connectivity index is 1.43. The number of esters is 1. The molecule has 35 heavy (non-hydrogen) atoms. The molecule has 0 spiro atoms. The zero-order valence-electron chi connectivity index (χ0n) is 19.5. The van der Waals surface area contributed by atoms with Crippen LogP contribution in [0.3, 0.4) is 0 Å². The van der Waals surface area contributed by atoms with Crippen LogP contribution in [0.25, 0.3) is 0 Å². The first-order chi connectivity index (χ1) is 16.8. The van der Waals surface area contributed by atoms with Gasteiger partial charge in [0.25, 0.3) is 17.5 Å². The highest BCUT2D eigenvalue weighted by molar-refractivity contribution is 6.23. The third-order valence-corrected chi connectivity index (χ3v) is 5.57. The van der Waals surface area contributed by atoms with Gasteiger partial charge in [-0.3, -0.25) is 29.4 Å². The number of ether oxygens (including phenoxy) is 1. The highest BCUT2D eigenvalue weighted by Gasteiger charge is 2.40. The number of nitro groups is 1. The summed E-state index contributed by atoms with van der Waals surface area (Å²) in [6.07, 6.45) is 3.49. The van der Waals surface area contributed by atoms with Gasteiger partial charge in [-0.05, 0) is 43.5 Å². The molecule has 10 nitrogen and oxygen atoms in total. The molecule has 0 atom stereocenters. The van der Waals surface area contributed by atoms with E-state index in [2.05, 4.69) is 5.32 Å². The van der Waals surface area contributed by atoms with E-state index in [1.54, 1.807) is 24.3 Å². The van der Waals surface area contributed by atoms with Crippen LogP contribution in [0.1, 0.15) is 76.5 Å². The Morgan fingerprint density at radius 2 is 1.80 bits per heavy atom. The Kier molecular flexibility index (Phi) is 8.66. The van der Waals surface area contributed by atoms with Crippen LogP contribution in [-0.2, 0) is 9.53 Å². The highest BCUT2D eigenvalue weighted by Crippen LogP contribution is 2.30. The summed E-state index contributed by atoms with van der Waals surface area (Å²) >= 11 is 0. The number of benzene rings is 2. The van der Waals surface area contributed by atoms with E-state index >= 15 is 0 Å². The van der Waals surface area contributed by atoms with Gasteiger partial charge in [0.1, 0.15) is 5.56 Å². The molecule has 0 saturated carbocycles. The van der Waals surface area contributed by atoms with Gasteiger partial charge in [-0.15, -0.1) is 0 Å². The van der Waals surface area contributed by atoms with Crippen molar-refractivity contribution in [3.63, 3.8) is 0 Å². The summed E-state index contributed by atoms with van der Waals surface area (Å²) in [6, 6.07) is 10.5. The summed E-state index contributed by atoms with van der Waals surface area (Å²) in [5.41, 5.74) is 0.351. The molecular formula is C25H27N3O7. The predicted octanol–water partition coefficient (Wildman–Crippen LogP) is 4.35. The van der Waals surface area contributed by atoms with Crippen molar-refractivity contribution >= 4 is 35.1 Å². The molecule has 1 heterocycles. The van der Waals surface area contributed by atoms with Gasteiger partial charge in [-0.2, -0.15) is 0 Å². The molecule has 0 bridgehead atoms. The second-order valence-corrected chi connectivity index (χ2v) is 8.15. The number of hydrogen-bond donors (Lipinski definition) is 1. The molecule has 0 saturated heterocycles. The van der Waals surface area contributed by atoms with Gasteiger partial charge in [0.2, 0.25) is 5.91 Å². The summed E-state index contributed by atoms with van der Waals surface area (Å²) in [5, 5.41) is 13.9. The minimum Gasteiger partial charge on any atom is -0.462 e. The molecule has 0 aromatic heterocycles. The number of carbonyl (C=O) groups is 4.